The largest absolute Gasteiger partial charge is 0.489 e. The van der Waals surface area contributed by atoms with Crippen molar-refractivity contribution in [3.8, 4) is 5.75 Å². The van der Waals surface area contributed by atoms with E-state index in [1.165, 1.54) is 0 Å². The summed E-state index contributed by atoms with van der Waals surface area (Å²) >= 11 is 0. The Kier molecular flexibility index (Phi) is 1.73. The fourth-order valence-corrected chi connectivity index (χ4v) is 0.786. The molecule has 0 spiro atoms. The van der Waals surface area contributed by atoms with Crippen LogP contribution < -0.4 is 4.74 Å². The van der Waals surface area contributed by atoms with Crippen LogP contribution in [0, 0.1) is 0 Å². The van der Waals surface area contributed by atoms with Crippen LogP contribution in [0.3, 0.4) is 0 Å². The standard InChI is InChI=1S/C8H9NO2/c1-2-7(4-9-3-1)10-5-8-6-11-8/h1-4,8H,5-6H2/t8-/m1/s1. The van der Waals surface area contributed by atoms with Crippen molar-refractivity contribution in [2.24, 2.45) is 0 Å². The van der Waals surface area contributed by atoms with Gasteiger partial charge < -0.3 is 9.47 Å². The third-order valence-electron chi connectivity index (χ3n) is 1.47. The highest BCUT2D eigenvalue weighted by molar-refractivity contribution is 5.15. The molecule has 0 unspecified atom stereocenters. The predicted octanol–water partition coefficient (Wildman–Crippen LogP) is 0.859. The first-order valence-electron chi connectivity index (χ1n) is 3.59. The number of nitrogens with zero attached hydrogens (tertiary/aromatic N) is 1. The average Bonchev–Trinajstić information content (AvgIpc) is 2.86. The molecule has 58 valence electrons. The van der Waals surface area contributed by atoms with Crippen LogP contribution in [0.15, 0.2) is 24.5 Å². The van der Waals surface area contributed by atoms with Gasteiger partial charge in [-0.15, -0.1) is 0 Å². The zero-order valence-electron chi connectivity index (χ0n) is 6.06. The van der Waals surface area contributed by atoms with Gasteiger partial charge in [-0.3, -0.25) is 4.98 Å². The highest BCUT2D eigenvalue weighted by Crippen LogP contribution is 2.12. The topological polar surface area (TPSA) is 34.6 Å². The number of hydrogen-bond donors (Lipinski definition) is 0. The molecular formula is C8H9NO2. The molecule has 2 rings (SSSR count). The van der Waals surface area contributed by atoms with Crippen LogP contribution in [0.25, 0.3) is 0 Å². The Balaban J connectivity index is 1.85. The van der Waals surface area contributed by atoms with Gasteiger partial charge in [-0.05, 0) is 12.1 Å². The van der Waals surface area contributed by atoms with Gasteiger partial charge >= 0.3 is 0 Å². The first-order chi connectivity index (χ1) is 5.45. The maximum absolute atomic E-state index is 5.34. The van der Waals surface area contributed by atoms with Crippen molar-refractivity contribution < 1.29 is 9.47 Å². The van der Waals surface area contributed by atoms with E-state index >= 15 is 0 Å². The van der Waals surface area contributed by atoms with Crippen LogP contribution in [0.2, 0.25) is 0 Å². The smallest absolute Gasteiger partial charge is 0.137 e. The molecule has 0 saturated carbocycles. The van der Waals surface area contributed by atoms with Gasteiger partial charge in [-0.2, -0.15) is 0 Å². The summed E-state index contributed by atoms with van der Waals surface area (Å²) in [5.74, 6) is 0.808. The van der Waals surface area contributed by atoms with Crippen LogP contribution in [-0.2, 0) is 4.74 Å². The Bertz CT molecular complexity index is 221. The van der Waals surface area contributed by atoms with Crippen molar-refractivity contribution >= 4 is 0 Å². The molecule has 1 saturated heterocycles. The molecule has 1 aliphatic rings. The summed E-state index contributed by atoms with van der Waals surface area (Å²) in [7, 11) is 0. The Morgan fingerprint density at radius 2 is 2.64 bits per heavy atom. The lowest BCUT2D eigenvalue weighted by atomic mass is 10.4. The van der Waals surface area contributed by atoms with E-state index in [1.54, 1.807) is 12.4 Å². The number of aromatic nitrogens is 1. The molecule has 1 aliphatic heterocycles. The number of pyridine rings is 1. The summed E-state index contributed by atoms with van der Waals surface area (Å²) in [6.45, 7) is 1.48. The first-order valence-corrected chi connectivity index (χ1v) is 3.59. The van der Waals surface area contributed by atoms with Gasteiger partial charge in [0.25, 0.3) is 0 Å². The zero-order chi connectivity index (χ0) is 7.52. The van der Waals surface area contributed by atoms with E-state index in [1.807, 2.05) is 12.1 Å². The quantitative estimate of drug-likeness (QED) is 0.601. The van der Waals surface area contributed by atoms with Gasteiger partial charge in [-0.1, -0.05) is 0 Å². The Hall–Kier alpha value is -1.09. The molecule has 3 nitrogen and oxygen atoms in total. The van der Waals surface area contributed by atoms with Crippen molar-refractivity contribution in [3.05, 3.63) is 24.5 Å². The van der Waals surface area contributed by atoms with Gasteiger partial charge in [0.15, 0.2) is 0 Å². The van der Waals surface area contributed by atoms with E-state index in [-0.39, 0.29) is 0 Å². The van der Waals surface area contributed by atoms with Gasteiger partial charge in [0, 0.05) is 6.20 Å². The fraction of sp³-hybridized carbons (Fsp3) is 0.375. The van der Waals surface area contributed by atoms with Gasteiger partial charge in [0.2, 0.25) is 0 Å². The summed E-state index contributed by atoms with van der Waals surface area (Å²) in [6, 6.07) is 3.73. The van der Waals surface area contributed by atoms with Crippen molar-refractivity contribution in [1.82, 2.24) is 4.98 Å². The van der Waals surface area contributed by atoms with Crippen molar-refractivity contribution in [2.45, 2.75) is 6.10 Å². The van der Waals surface area contributed by atoms with Gasteiger partial charge in [0.05, 0.1) is 12.8 Å². The van der Waals surface area contributed by atoms with Crippen molar-refractivity contribution in [2.75, 3.05) is 13.2 Å². The molecule has 0 radical (unpaired) electrons. The average molecular weight is 151 g/mol. The van der Waals surface area contributed by atoms with Crippen molar-refractivity contribution in [1.29, 1.82) is 0 Å². The number of hydrogen-bond acceptors (Lipinski definition) is 3. The van der Waals surface area contributed by atoms with Crippen LogP contribution in [0.1, 0.15) is 0 Å². The van der Waals surface area contributed by atoms with Gasteiger partial charge in [-0.25, -0.2) is 0 Å². The monoisotopic (exact) mass is 151 g/mol. The third kappa shape index (κ3) is 1.91. The minimum absolute atomic E-state index is 0.315. The summed E-state index contributed by atoms with van der Waals surface area (Å²) in [4.78, 5) is 3.92. The molecule has 0 amide bonds. The summed E-state index contributed by atoms with van der Waals surface area (Å²) in [5, 5.41) is 0. The first kappa shape index (κ1) is 6.61. The Morgan fingerprint density at radius 1 is 1.73 bits per heavy atom. The minimum atomic E-state index is 0.315. The van der Waals surface area contributed by atoms with Crippen LogP contribution in [-0.4, -0.2) is 24.3 Å². The SMILES string of the molecule is c1cncc(OC[C@@H]2CO2)c1. The summed E-state index contributed by atoms with van der Waals surface area (Å²) in [6.07, 6.45) is 3.73. The van der Waals surface area contributed by atoms with E-state index in [0.29, 0.717) is 12.7 Å². The second kappa shape index (κ2) is 2.88. The molecule has 1 aromatic rings. The minimum Gasteiger partial charge on any atom is -0.489 e. The molecule has 0 bridgehead atoms. The van der Waals surface area contributed by atoms with E-state index < -0.39 is 0 Å². The van der Waals surface area contributed by atoms with E-state index in [9.17, 15) is 0 Å². The number of rotatable bonds is 3. The van der Waals surface area contributed by atoms with E-state index in [4.69, 9.17) is 9.47 Å². The highest BCUT2D eigenvalue weighted by Gasteiger charge is 2.22. The normalized spacial score (nSPS) is 21.3. The molecule has 2 heterocycles. The number of ether oxygens (including phenoxy) is 2. The van der Waals surface area contributed by atoms with Crippen LogP contribution in [0.4, 0.5) is 0 Å². The molecule has 1 aromatic heterocycles. The lowest BCUT2D eigenvalue weighted by Crippen LogP contribution is -2.03. The summed E-state index contributed by atoms with van der Waals surface area (Å²) < 4.78 is 10.3. The molecule has 1 atom stereocenters. The van der Waals surface area contributed by atoms with E-state index in [2.05, 4.69) is 4.98 Å². The Morgan fingerprint density at radius 3 is 3.27 bits per heavy atom. The molecule has 11 heavy (non-hydrogen) atoms. The zero-order valence-corrected chi connectivity index (χ0v) is 6.06. The lowest BCUT2D eigenvalue weighted by molar-refractivity contribution is 0.262. The molecule has 0 aliphatic carbocycles. The molecule has 0 N–H and O–H groups in total. The molecule has 1 fully saturated rings. The lowest BCUT2D eigenvalue weighted by Gasteiger charge is -2.00. The van der Waals surface area contributed by atoms with Crippen LogP contribution >= 0.6 is 0 Å². The number of epoxide rings is 1. The molecule has 3 heteroatoms. The van der Waals surface area contributed by atoms with Gasteiger partial charge in [0.1, 0.15) is 18.5 Å². The van der Waals surface area contributed by atoms with Crippen molar-refractivity contribution in [3.63, 3.8) is 0 Å². The fourth-order valence-electron chi connectivity index (χ4n) is 0.786. The molecular weight excluding hydrogens is 142 g/mol. The van der Waals surface area contributed by atoms with E-state index in [0.717, 1.165) is 12.4 Å². The second-order valence-corrected chi connectivity index (χ2v) is 2.46. The maximum Gasteiger partial charge on any atom is 0.137 e. The maximum atomic E-state index is 5.34. The summed E-state index contributed by atoms with van der Waals surface area (Å²) in [5.41, 5.74) is 0. The predicted molar refractivity (Wildman–Crippen MR) is 39.5 cm³/mol. The molecule has 0 aromatic carbocycles. The highest BCUT2D eigenvalue weighted by atomic mass is 16.6. The second-order valence-electron chi connectivity index (χ2n) is 2.46. The third-order valence-corrected chi connectivity index (χ3v) is 1.47. The Labute approximate surface area is 65.0 Å². The van der Waals surface area contributed by atoms with Crippen LogP contribution in [0.5, 0.6) is 5.75 Å².